The molecule has 0 radical (unpaired) electrons. The third-order valence-corrected chi connectivity index (χ3v) is 7.83. The highest BCUT2D eigenvalue weighted by Gasteiger charge is 2.20. The van der Waals surface area contributed by atoms with Gasteiger partial charge in [0.2, 0.25) is 0 Å². The number of aryl methyl sites for hydroxylation is 1. The Morgan fingerprint density at radius 2 is 1.63 bits per heavy atom. The van der Waals surface area contributed by atoms with E-state index in [0.717, 1.165) is 35.0 Å². The monoisotopic (exact) mass is 472 g/mol. The topological polar surface area (TPSA) is 9.23 Å². The number of unbranched alkanes of at least 4 members (excludes halogenated alkanes) is 3. The van der Waals surface area contributed by atoms with E-state index in [1.807, 2.05) is 36.4 Å². The van der Waals surface area contributed by atoms with Gasteiger partial charge in [-0.2, -0.15) is 0 Å². The second-order valence-corrected chi connectivity index (χ2v) is 10.4. The van der Waals surface area contributed by atoms with Crippen molar-refractivity contribution in [2.24, 2.45) is 11.8 Å². The average molecular weight is 473 g/mol. The van der Waals surface area contributed by atoms with Gasteiger partial charge in [-0.15, -0.1) is 0 Å². The fraction of sp³-hybridized carbons (Fsp3) is 0.455. The minimum absolute atomic E-state index is 0.147. The van der Waals surface area contributed by atoms with Gasteiger partial charge in [-0.25, -0.2) is 4.39 Å². The molecule has 0 saturated heterocycles. The van der Waals surface area contributed by atoms with Crippen molar-refractivity contribution in [1.29, 1.82) is 0 Å². The highest BCUT2D eigenvalue weighted by atomic mass is 19.1. The molecule has 0 amide bonds. The van der Waals surface area contributed by atoms with Crippen LogP contribution in [0.25, 0.3) is 21.9 Å². The van der Waals surface area contributed by atoms with Crippen molar-refractivity contribution in [3.8, 4) is 16.9 Å². The third-order valence-electron chi connectivity index (χ3n) is 7.83. The van der Waals surface area contributed by atoms with E-state index in [-0.39, 0.29) is 5.82 Å². The molecule has 0 spiro atoms. The molecule has 1 aliphatic carbocycles. The number of fused-ring (bicyclic) bond motifs is 1. The van der Waals surface area contributed by atoms with Gasteiger partial charge in [0.05, 0.1) is 0 Å². The van der Waals surface area contributed by atoms with Gasteiger partial charge in [-0.05, 0) is 53.3 Å². The molecule has 0 aliphatic heterocycles. The number of ether oxygens (including phenoxy) is 1. The number of rotatable bonds is 12. The van der Waals surface area contributed by atoms with Crippen LogP contribution in [-0.2, 0) is 6.42 Å². The fourth-order valence-corrected chi connectivity index (χ4v) is 5.65. The summed E-state index contributed by atoms with van der Waals surface area (Å²) in [4.78, 5) is 0. The highest BCUT2D eigenvalue weighted by Crippen LogP contribution is 2.35. The van der Waals surface area contributed by atoms with E-state index in [4.69, 9.17) is 4.74 Å². The molecule has 2 heteroatoms. The Labute approximate surface area is 211 Å². The molecule has 1 nitrogen and oxygen atoms in total. The van der Waals surface area contributed by atoms with E-state index in [1.54, 1.807) is 6.08 Å². The largest absolute Gasteiger partial charge is 0.490 e. The summed E-state index contributed by atoms with van der Waals surface area (Å²) < 4.78 is 20.9. The van der Waals surface area contributed by atoms with Crippen molar-refractivity contribution < 1.29 is 9.13 Å². The van der Waals surface area contributed by atoms with E-state index >= 15 is 4.39 Å². The molecule has 3 aromatic rings. The molecule has 0 bridgehead atoms. The van der Waals surface area contributed by atoms with Gasteiger partial charge in [-0.1, -0.05) is 120 Å². The minimum Gasteiger partial charge on any atom is -0.490 e. The van der Waals surface area contributed by atoms with Gasteiger partial charge in [0, 0.05) is 10.9 Å². The molecule has 1 saturated carbocycles. The zero-order valence-corrected chi connectivity index (χ0v) is 21.4. The second kappa shape index (κ2) is 12.9. The first kappa shape index (κ1) is 25.5. The summed E-state index contributed by atoms with van der Waals surface area (Å²) in [5.41, 5.74) is 2.82. The number of halogens is 1. The minimum atomic E-state index is -0.147. The Balaban J connectivity index is 1.33. The van der Waals surface area contributed by atoms with Crippen LogP contribution in [0.15, 0.2) is 67.3 Å². The zero-order chi connectivity index (χ0) is 24.5. The van der Waals surface area contributed by atoms with Crippen molar-refractivity contribution in [2.75, 3.05) is 6.61 Å². The third kappa shape index (κ3) is 6.97. The van der Waals surface area contributed by atoms with Crippen molar-refractivity contribution in [3.63, 3.8) is 0 Å². The first-order valence-electron chi connectivity index (χ1n) is 13.7. The molecule has 1 aliphatic rings. The average Bonchev–Trinajstić information content (AvgIpc) is 2.90. The van der Waals surface area contributed by atoms with Gasteiger partial charge in [0.15, 0.2) is 0 Å². The number of hydrogen-bond donors (Lipinski definition) is 0. The standard InChI is InChI=1S/C33H41FO/c1-3-5-6-7-8-25-9-11-26(12-10-25)13-14-27-15-21-32-29(24-27)18-22-31(33(32)34)28-16-19-30(20-17-28)35-23-4-2/h4,15-22,24-26H,2-3,5-14,23H2,1H3/t25-,26-. The van der Waals surface area contributed by atoms with Crippen molar-refractivity contribution >= 4 is 10.8 Å². The zero-order valence-electron chi connectivity index (χ0n) is 21.4. The van der Waals surface area contributed by atoms with Crippen LogP contribution in [0.4, 0.5) is 4.39 Å². The summed E-state index contributed by atoms with van der Waals surface area (Å²) in [5, 5.41) is 1.69. The van der Waals surface area contributed by atoms with E-state index in [2.05, 4.69) is 31.7 Å². The van der Waals surface area contributed by atoms with Gasteiger partial charge >= 0.3 is 0 Å². The first-order valence-corrected chi connectivity index (χ1v) is 13.7. The molecular weight excluding hydrogens is 431 g/mol. The van der Waals surface area contributed by atoms with Crippen LogP contribution in [0.2, 0.25) is 0 Å². The van der Waals surface area contributed by atoms with Crippen molar-refractivity contribution in [1.82, 2.24) is 0 Å². The SMILES string of the molecule is C=CCOc1ccc(-c2ccc3cc(CC[C@H]4CC[C@H](CCCCCC)CC4)ccc3c2F)cc1. The molecule has 35 heavy (non-hydrogen) atoms. The highest BCUT2D eigenvalue weighted by molar-refractivity contribution is 5.88. The molecular formula is C33H41FO. The Hall–Kier alpha value is -2.61. The number of hydrogen-bond acceptors (Lipinski definition) is 1. The van der Waals surface area contributed by atoms with Crippen LogP contribution >= 0.6 is 0 Å². The lowest BCUT2D eigenvalue weighted by molar-refractivity contribution is 0.249. The van der Waals surface area contributed by atoms with Crippen LogP contribution in [0, 0.1) is 17.7 Å². The Kier molecular flexibility index (Phi) is 9.40. The quantitative estimate of drug-likeness (QED) is 0.188. The van der Waals surface area contributed by atoms with Gasteiger partial charge in [0.25, 0.3) is 0 Å². The fourth-order valence-electron chi connectivity index (χ4n) is 5.65. The molecule has 4 rings (SSSR count). The molecule has 0 heterocycles. The summed E-state index contributed by atoms with van der Waals surface area (Å²) in [6.45, 7) is 6.42. The van der Waals surface area contributed by atoms with Gasteiger partial charge in [-0.3, -0.25) is 0 Å². The maximum Gasteiger partial charge on any atom is 0.138 e. The molecule has 0 atom stereocenters. The van der Waals surface area contributed by atoms with Gasteiger partial charge < -0.3 is 4.74 Å². The lowest BCUT2D eigenvalue weighted by Gasteiger charge is -2.28. The summed E-state index contributed by atoms with van der Waals surface area (Å²) in [5.74, 6) is 2.44. The lowest BCUT2D eigenvalue weighted by Crippen LogP contribution is -2.15. The molecule has 0 aromatic heterocycles. The van der Waals surface area contributed by atoms with Crippen LogP contribution in [0.5, 0.6) is 5.75 Å². The van der Waals surface area contributed by atoms with E-state index in [0.29, 0.717) is 17.6 Å². The van der Waals surface area contributed by atoms with E-state index < -0.39 is 0 Å². The molecule has 0 unspecified atom stereocenters. The Morgan fingerprint density at radius 3 is 2.34 bits per heavy atom. The smallest absolute Gasteiger partial charge is 0.138 e. The van der Waals surface area contributed by atoms with E-state index in [1.165, 1.54) is 69.8 Å². The molecule has 3 aromatic carbocycles. The predicted molar refractivity (Wildman–Crippen MR) is 148 cm³/mol. The van der Waals surface area contributed by atoms with Crippen LogP contribution in [0.1, 0.15) is 76.7 Å². The van der Waals surface area contributed by atoms with Crippen LogP contribution in [-0.4, -0.2) is 6.61 Å². The lowest BCUT2D eigenvalue weighted by atomic mass is 9.77. The van der Waals surface area contributed by atoms with E-state index in [9.17, 15) is 0 Å². The predicted octanol–water partition coefficient (Wildman–Crippen LogP) is 9.92. The summed E-state index contributed by atoms with van der Waals surface area (Å²) >= 11 is 0. The van der Waals surface area contributed by atoms with Gasteiger partial charge in [0.1, 0.15) is 18.2 Å². The van der Waals surface area contributed by atoms with Crippen LogP contribution in [0.3, 0.4) is 0 Å². The Morgan fingerprint density at radius 1 is 0.886 bits per heavy atom. The molecule has 186 valence electrons. The van der Waals surface area contributed by atoms with Crippen LogP contribution < -0.4 is 4.74 Å². The summed E-state index contributed by atoms with van der Waals surface area (Å²) in [7, 11) is 0. The molecule has 1 fully saturated rings. The Bertz CT molecular complexity index is 1080. The van der Waals surface area contributed by atoms with Crippen molar-refractivity contribution in [2.45, 2.75) is 77.6 Å². The number of benzene rings is 3. The summed E-state index contributed by atoms with van der Waals surface area (Å²) in [6.07, 6.45) is 16.7. The first-order chi connectivity index (χ1) is 17.2. The summed E-state index contributed by atoms with van der Waals surface area (Å²) in [6, 6.07) is 17.8. The van der Waals surface area contributed by atoms with Crippen molar-refractivity contribution in [3.05, 3.63) is 78.6 Å². The normalized spacial score (nSPS) is 18.0. The maximum atomic E-state index is 15.4. The second-order valence-electron chi connectivity index (χ2n) is 10.4. The molecule has 0 N–H and O–H groups in total. The maximum absolute atomic E-state index is 15.4.